The maximum absolute atomic E-state index is 14.0. The number of rotatable bonds is 9. The van der Waals surface area contributed by atoms with Crippen LogP contribution in [-0.4, -0.2) is 75.8 Å². The molecule has 0 bridgehead atoms. The average Bonchev–Trinajstić information content (AvgIpc) is 3.39. The molecule has 0 aromatic carbocycles. The molecule has 7 aliphatic rings. The highest BCUT2D eigenvalue weighted by Crippen LogP contribution is 2.76. The molecule has 1 heterocycles. The Morgan fingerprint density at radius 2 is 1.79 bits per heavy atom. The molecule has 6 nitrogen and oxygen atoms in total. The van der Waals surface area contributed by atoms with E-state index in [9.17, 15) is 17.6 Å². The maximum atomic E-state index is 14.0. The summed E-state index contributed by atoms with van der Waals surface area (Å²) >= 11 is 0. The second-order valence-corrected chi connectivity index (χ2v) is 23.0. The summed E-state index contributed by atoms with van der Waals surface area (Å²) in [5.74, 6) is 4.73. The fourth-order valence-electron chi connectivity index (χ4n) is 15.1. The van der Waals surface area contributed by atoms with Crippen LogP contribution < -0.4 is 5.32 Å². The molecule has 6 aliphatic carbocycles. The molecule has 0 aromatic heterocycles. The maximum Gasteiger partial charge on any atom is 0.293 e. The van der Waals surface area contributed by atoms with E-state index in [0.29, 0.717) is 84.0 Å². The van der Waals surface area contributed by atoms with Gasteiger partial charge in [-0.1, -0.05) is 65.8 Å². The molecule has 5 fully saturated rings. The quantitative estimate of drug-likeness (QED) is 0.188. The SMILES string of the molecule is C=C(C)[C@@H]1C[C@@H](NCCN2CCS(=O)(=O)CC(C)C2)C2CC[C@]3(C)[C@H](CC[C@@H]4[C@@]5(C)CC=C(C6=CC[C@](CF)(OC=O)CC6)C(C)(C)[C@@H]5CC[C@]43C)[C@H]21. The van der Waals surface area contributed by atoms with Gasteiger partial charge in [0.25, 0.3) is 6.47 Å². The molecule has 53 heavy (non-hydrogen) atoms. The molecule has 0 radical (unpaired) electrons. The summed E-state index contributed by atoms with van der Waals surface area (Å²) in [7, 11) is -2.94. The Bertz CT molecular complexity index is 1610. The van der Waals surface area contributed by atoms with Crippen molar-refractivity contribution in [3.8, 4) is 0 Å². The second kappa shape index (κ2) is 14.1. The summed E-state index contributed by atoms with van der Waals surface area (Å²) in [5, 5.41) is 4.06. The lowest BCUT2D eigenvalue weighted by Crippen LogP contribution is -2.64. The Morgan fingerprint density at radius 1 is 1.04 bits per heavy atom. The van der Waals surface area contributed by atoms with Crippen molar-refractivity contribution >= 4 is 16.3 Å². The van der Waals surface area contributed by atoms with Crippen LogP contribution in [0.15, 0.2) is 35.5 Å². The zero-order valence-electron chi connectivity index (χ0n) is 34.2. The molecule has 0 amide bonds. The van der Waals surface area contributed by atoms with Gasteiger partial charge in [0, 0.05) is 38.6 Å². The largest absolute Gasteiger partial charge is 0.458 e. The van der Waals surface area contributed by atoms with Crippen LogP contribution in [-0.2, 0) is 19.4 Å². The minimum atomic E-state index is -2.94. The van der Waals surface area contributed by atoms with E-state index >= 15 is 0 Å². The standard InChI is InChI=1S/C45H71FN2O4S/c1-30(2)34-25-37(47-21-22-48-23-24-53(50,51)27-31(3)26-48)33-13-17-43(7)36(40(33)34)9-10-39-42(6)16-14-35(41(4,5)38(42)15-18-44(39,43)8)32-11-19-45(28-46,20-12-32)52-29-49/h11,14,29,31,33-34,36-40,47H,1,9-10,12-13,15-28H2,2-8H3/t31?,33?,34-,36+,37+,38-,39+,40+,42-,43+,44+,45-/m0/s1. The van der Waals surface area contributed by atoms with Gasteiger partial charge in [0.15, 0.2) is 9.84 Å². The van der Waals surface area contributed by atoms with Gasteiger partial charge < -0.3 is 15.0 Å². The number of carbonyl (C=O) groups is 1. The van der Waals surface area contributed by atoms with Crippen molar-refractivity contribution in [3.63, 3.8) is 0 Å². The average molecular weight is 755 g/mol. The number of carbonyl (C=O) groups excluding carboxylic acids is 1. The van der Waals surface area contributed by atoms with E-state index in [-0.39, 0.29) is 22.5 Å². The Balaban J connectivity index is 1.08. The van der Waals surface area contributed by atoms with Crippen molar-refractivity contribution in [3.05, 3.63) is 35.5 Å². The zero-order chi connectivity index (χ0) is 38.2. The summed E-state index contributed by atoms with van der Waals surface area (Å²) < 4.78 is 44.1. The molecule has 12 atom stereocenters. The number of allylic oxidation sites excluding steroid dienone is 4. The number of halogens is 1. The number of nitrogens with zero attached hydrogens (tertiary/aromatic N) is 1. The normalized spacial score (nSPS) is 46.3. The van der Waals surface area contributed by atoms with E-state index in [1.165, 1.54) is 61.7 Å². The molecule has 4 saturated carbocycles. The number of hydrogen-bond acceptors (Lipinski definition) is 6. The molecule has 0 spiro atoms. The number of nitrogens with one attached hydrogen (secondary N) is 1. The van der Waals surface area contributed by atoms with Crippen molar-refractivity contribution in [2.45, 2.75) is 131 Å². The molecule has 298 valence electrons. The lowest BCUT2D eigenvalue weighted by molar-refractivity contribution is -0.217. The topological polar surface area (TPSA) is 75.7 Å². The predicted octanol–water partition coefficient (Wildman–Crippen LogP) is 8.74. The minimum Gasteiger partial charge on any atom is -0.458 e. The minimum absolute atomic E-state index is 0.0336. The van der Waals surface area contributed by atoms with Crippen molar-refractivity contribution in [1.29, 1.82) is 0 Å². The Kier molecular flexibility index (Phi) is 10.6. The number of sulfone groups is 1. The van der Waals surface area contributed by atoms with Gasteiger partial charge in [0.05, 0.1) is 11.5 Å². The third kappa shape index (κ3) is 6.56. The first kappa shape index (κ1) is 39.7. The molecule has 2 unspecified atom stereocenters. The molecule has 7 rings (SSSR count). The summed E-state index contributed by atoms with van der Waals surface area (Å²) in [5.41, 5.74) is 4.06. The Labute approximate surface area is 321 Å². The molecule has 8 heteroatoms. The van der Waals surface area contributed by atoms with Crippen LogP contribution in [0.2, 0.25) is 0 Å². The van der Waals surface area contributed by atoms with E-state index in [2.05, 4.69) is 77.4 Å². The van der Waals surface area contributed by atoms with Crippen LogP contribution in [0, 0.1) is 63.1 Å². The number of ether oxygens (including phenoxy) is 1. The highest BCUT2D eigenvalue weighted by molar-refractivity contribution is 7.91. The first-order valence-electron chi connectivity index (χ1n) is 21.3. The molecular formula is C45H71FN2O4S. The van der Waals surface area contributed by atoms with Gasteiger partial charge in [-0.2, -0.15) is 0 Å². The van der Waals surface area contributed by atoms with Crippen LogP contribution in [0.4, 0.5) is 4.39 Å². The van der Waals surface area contributed by atoms with E-state index in [1.54, 1.807) is 0 Å². The Hall–Kier alpha value is -1.51. The lowest BCUT2D eigenvalue weighted by atomic mass is 9.33. The van der Waals surface area contributed by atoms with Gasteiger partial charge in [-0.15, -0.1) is 0 Å². The number of hydrogen-bond donors (Lipinski definition) is 1. The van der Waals surface area contributed by atoms with Gasteiger partial charge in [-0.3, -0.25) is 4.79 Å². The van der Waals surface area contributed by atoms with Crippen LogP contribution in [0.1, 0.15) is 119 Å². The van der Waals surface area contributed by atoms with Crippen molar-refractivity contribution in [2.24, 2.45) is 63.1 Å². The van der Waals surface area contributed by atoms with Crippen LogP contribution in [0.3, 0.4) is 0 Å². The lowest BCUT2D eigenvalue weighted by Gasteiger charge is -2.71. The second-order valence-electron chi connectivity index (χ2n) is 20.7. The van der Waals surface area contributed by atoms with Gasteiger partial charge >= 0.3 is 0 Å². The van der Waals surface area contributed by atoms with E-state index < -0.39 is 22.1 Å². The molecular weight excluding hydrogens is 684 g/mol. The van der Waals surface area contributed by atoms with E-state index in [0.717, 1.165) is 32.5 Å². The zero-order valence-corrected chi connectivity index (χ0v) is 35.0. The summed E-state index contributed by atoms with van der Waals surface area (Å²) in [6, 6.07) is 0.509. The summed E-state index contributed by atoms with van der Waals surface area (Å²) in [4.78, 5) is 13.5. The fourth-order valence-corrected chi connectivity index (χ4v) is 16.7. The van der Waals surface area contributed by atoms with Crippen LogP contribution in [0.25, 0.3) is 0 Å². The Morgan fingerprint density at radius 3 is 2.47 bits per heavy atom. The summed E-state index contributed by atoms with van der Waals surface area (Å²) in [6.45, 7) is 25.2. The van der Waals surface area contributed by atoms with Crippen molar-refractivity contribution in [2.75, 3.05) is 44.4 Å². The van der Waals surface area contributed by atoms with E-state index in [1.807, 2.05) is 0 Å². The third-order valence-corrected chi connectivity index (χ3v) is 19.6. The first-order chi connectivity index (χ1) is 24.9. The summed E-state index contributed by atoms with van der Waals surface area (Å²) in [6.07, 6.45) is 16.6. The predicted molar refractivity (Wildman–Crippen MR) is 213 cm³/mol. The smallest absolute Gasteiger partial charge is 0.293 e. The number of alkyl halides is 1. The third-order valence-electron chi connectivity index (χ3n) is 17.7. The fraction of sp³-hybridized carbons (Fsp3) is 0.844. The van der Waals surface area contributed by atoms with Crippen LogP contribution >= 0.6 is 0 Å². The highest BCUT2D eigenvalue weighted by Gasteiger charge is 2.69. The first-order valence-corrected chi connectivity index (χ1v) is 23.1. The van der Waals surface area contributed by atoms with Crippen LogP contribution in [0.5, 0.6) is 0 Å². The number of fused-ring (bicyclic) bond motifs is 7. The van der Waals surface area contributed by atoms with Gasteiger partial charge in [-0.25, -0.2) is 12.8 Å². The highest BCUT2D eigenvalue weighted by atomic mass is 32.2. The van der Waals surface area contributed by atoms with Gasteiger partial charge in [-0.05, 0) is 145 Å². The molecule has 0 aromatic rings. The van der Waals surface area contributed by atoms with Crippen molar-refractivity contribution in [1.82, 2.24) is 10.2 Å². The molecule has 1 saturated heterocycles. The van der Waals surface area contributed by atoms with Crippen molar-refractivity contribution < 1.29 is 22.3 Å². The van der Waals surface area contributed by atoms with E-state index in [4.69, 9.17) is 4.74 Å². The van der Waals surface area contributed by atoms with Gasteiger partial charge in [0.2, 0.25) is 0 Å². The van der Waals surface area contributed by atoms with Gasteiger partial charge in [0.1, 0.15) is 12.3 Å². The monoisotopic (exact) mass is 755 g/mol. The molecule has 1 N–H and O–H groups in total. The molecule has 1 aliphatic heterocycles.